The number of oxime groups is 1. The molecule has 68 valence electrons. The Morgan fingerprint density at radius 3 is 2.31 bits per heavy atom. The molecule has 5 heteroatoms. The fourth-order valence-electron chi connectivity index (χ4n) is 0.777. The van der Waals surface area contributed by atoms with Crippen molar-refractivity contribution in [2.75, 3.05) is 0 Å². The van der Waals surface area contributed by atoms with Crippen LogP contribution in [0.5, 0.6) is 5.75 Å². The van der Waals surface area contributed by atoms with E-state index >= 15 is 0 Å². The van der Waals surface area contributed by atoms with Crippen molar-refractivity contribution in [2.45, 2.75) is 0 Å². The van der Waals surface area contributed by atoms with Gasteiger partial charge in [0.05, 0.1) is 0 Å². The predicted molar refractivity (Wildman–Crippen MR) is 47.5 cm³/mol. The summed E-state index contributed by atoms with van der Waals surface area (Å²) in [6.07, 6.45) is 0. The average molecular weight is 200 g/mol. The second-order valence-electron chi connectivity index (χ2n) is 2.27. The van der Waals surface area contributed by atoms with Crippen LogP contribution in [-0.2, 0) is 0 Å². The van der Waals surface area contributed by atoms with E-state index in [4.69, 9.17) is 21.9 Å². The van der Waals surface area contributed by atoms with E-state index in [-0.39, 0.29) is 11.3 Å². The van der Waals surface area contributed by atoms with Gasteiger partial charge >= 0.3 is 0 Å². The summed E-state index contributed by atoms with van der Waals surface area (Å²) in [7, 11) is 0. The van der Waals surface area contributed by atoms with Gasteiger partial charge in [0, 0.05) is 5.56 Å². The van der Waals surface area contributed by atoms with Gasteiger partial charge in [0.15, 0.2) is 0 Å². The number of aromatic hydroxyl groups is 1. The molecule has 0 bridgehead atoms. The molecule has 0 atom stereocenters. The van der Waals surface area contributed by atoms with Crippen LogP contribution in [0.1, 0.15) is 10.4 Å². The SMILES string of the molecule is O=C(/C(Cl)=N\O)c1ccc(O)cc1. The summed E-state index contributed by atoms with van der Waals surface area (Å²) >= 11 is 5.28. The number of phenols is 1. The molecule has 0 aliphatic carbocycles. The summed E-state index contributed by atoms with van der Waals surface area (Å²) in [5, 5.41) is 19.2. The fraction of sp³-hybridized carbons (Fsp3) is 0. The van der Waals surface area contributed by atoms with Crippen LogP contribution in [0, 0.1) is 0 Å². The summed E-state index contributed by atoms with van der Waals surface area (Å²) < 4.78 is 0. The number of hydrogen-bond acceptors (Lipinski definition) is 4. The van der Waals surface area contributed by atoms with Crippen molar-refractivity contribution in [3.8, 4) is 5.75 Å². The Labute approximate surface area is 79.1 Å². The second-order valence-corrected chi connectivity index (χ2v) is 2.62. The monoisotopic (exact) mass is 199 g/mol. The van der Waals surface area contributed by atoms with E-state index in [0.717, 1.165) is 0 Å². The van der Waals surface area contributed by atoms with Gasteiger partial charge in [-0.15, -0.1) is 0 Å². The molecule has 0 heterocycles. The van der Waals surface area contributed by atoms with Gasteiger partial charge in [0.25, 0.3) is 0 Å². The molecule has 0 spiro atoms. The first-order chi connectivity index (χ1) is 6.15. The van der Waals surface area contributed by atoms with Crippen LogP contribution in [0.15, 0.2) is 29.4 Å². The van der Waals surface area contributed by atoms with Crippen LogP contribution >= 0.6 is 11.6 Å². The molecule has 0 aromatic heterocycles. The molecule has 13 heavy (non-hydrogen) atoms. The van der Waals surface area contributed by atoms with Crippen molar-refractivity contribution in [1.82, 2.24) is 0 Å². The molecule has 1 aromatic carbocycles. The summed E-state index contributed by atoms with van der Waals surface area (Å²) in [5.41, 5.74) is 0.251. The summed E-state index contributed by atoms with van der Waals surface area (Å²) in [4.78, 5) is 11.2. The van der Waals surface area contributed by atoms with Crippen LogP contribution in [0.2, 0.25) is 0 Å². The number of hydrogen-bond donors (Lipinski definition) is 2. The summed E-state index contributed by atoms with van der Waals surface area (Å²) in [6.45, 7) is 0. The maximum atomic E-state index is 11.2. The lowest BCUT2D eigenvalue weighted by Crippen LogP contribution is -2.07. The molecular weight excluding hydrogens is 194 g/mol. The van der Waals surface area contributed by atoms with E-state index in [9.17, 15) is 4.79 Å². The first-order valence-corrected chi connectivity index (χ1v) is 3.74. The second kappa shape index (κ2) is 3.91. The average Bonchev–Trinajstić information content (AvgIpc) is 2.17. The maximum Gasteiger partial charge on any atom is 0.226 e. The number of nitrogens with zero attached hydrogens (tertiary/aromatic N) is 1. The first-order valence-electron chi connectivity index (χ1n) is 3.36. The normalized spacial score (nSPS) is 11.3. The zero-order chi connectivity index (χ0) is 9.84. The number of rotatable bonds is 2. The van der Waals surface area contributed by atoms with Crippen LogP contribution in [0.4, 0.5) is 0 Å². The molecule has 0 aliphatic heterocycles. The molecular formula is C8H6ClNO3. The predicted octanol–water partition coefficient (Wildman–Crippen LogP) is 1.60. The molecule has 1 aromatic rings. The van der Waals surface area contributed by atoms with Crippen molar-refractivity contribution in [3.05, 3.63) is 29.8 Å². The number of benzene rings is 1. The fourth-order valence-corrected chi connectivity index (χ4v) is 0.886. The van der Waals surface area contributed by atoms with Gasteiger partial charge in [-0.05, 0) is 24.3 Å². The largest absolute Gasteiger partial charge is 0.508 e. The molecule has 0 saturated carbocycles. The minimum Gasteiger partial charge on any atom is -0.508 e. The number of Topliss-reactive ketones (excluding diaryl/α,β-unsaturated/α-hetero) is 1. The Bertz CT molecular complexity index is 345. The molecule has 0 saturated heterocycles. The zero-order valence-electron chi connectivity index (χ0n) is 6.44. The third-order valence-corrected chi connectivity index (χ3v) is 1.65. The van der Waals surface area contributed by atoms with Crippen molar-refractivity contribution in [1.29, 1.82) is 0 Å². The van der Waals surface area contributed by atoms with Crippen molar-refractivity contribution < 1.29 is 15.1 Å². The number of phenolic OH excluding ortho intramolecular Hbond substituents is 1. The molecule has 0 fully saturated rings. The van der Waals surface area contributed by atoms with Crippen LogP contribution in [0.3, 0.4) is 0 Å². The highest BCUT2D eigenvalue weighted by Gasteiger charge is 2.11. The van der Waals surface area contributed by atoms with Gasteiger partial charge in [0.2, 0.25) is 11.0 Å². The topological polar surface area (TPSA) is 69.9 Å². The maximum absolute atomic E-state index is 11.2. The van der Waals surface area contributed by atoms with Gasteiger partial charge in [-0.2, -0.15) is 0 Å². The smallest absolute Gasteiger partial charge is 0.226 e. The molecule has 0 unspecified atom stereocenters. The Hall–Kier alpha value is -1.55. The third kappa shape index (κ3) is 2.19. The van der Waals surface area contributed by atoms with E-state index in [2.05, 4.69) is 5.16 Å². The quantitative estimate of drug-likeness (QED) is 0.329. The van der Waals surface area contributed by atoms with E-state index in [1.807, 2.05) is 0 Å². The Morgan fingerprint density at radius 2 is 1.85 bits per heavy atom. The highest BCUT2D eigenvalue weighted by atomic mass is 35.5. The Morgan fingerprint density at radius 1 is 1.31 bits per heavy atom. The van der Waals surface area contributed by atoms with Crippen LogP contribution in [-0.4, -0.2) is 21.3 Å². The number of carbonyl (C=O) groups is 1. The Kier molecular flexibility index (Phi) is 2.87. The molecule has 0 amide bonds. The van der Waals surface area contributed by atoms with Crippen molar-refractivity contribution >= 4 is 22.6 Å². The van der Waals surface area contributed by atoms with Crippen molar-refractivity contribution in [3.63, 3.8) is 0 Å². The van der Waals surface area contributed by atoms with Crippen molar-refractivity contribution in [2.24, 2.45) is 5.16 Å². The molecule has 2 N–H and O–H groups in total. The van der Waals surface area contributed by atoms with E-state index < -0.39 is 11.0 Å². The standard InChI is InChI=1S/C8H6ClNO3/c9-8(10-13)7(12)5-1-3-6(11)4-2-5/h1-4,11,13H/b10-8+. The van der Waals surface area contributed by atoms with E-state index in [1.54, 1.807) is 0 Å². The lowest BCUT2D eigenvalue weighted by Gasteiger charge is -1.96. The minimum atomic E-state index is -0.593. The van der Waals surface area contributed by atoms with Crippen LogP contribution < -0.4 is 0 Å². The van der Waals surface area contributed by atoms with Crippen LogP contribution in [0.25, 0.3) is 0 Å². The lowest BCUT2D eigenvalue weighted by atomic mass is 10.1. The van der Waals surface area contributed by atoms with Gasteiger partial charge < -0.3 is 10.3 Å². The molecule has 0 radical (unpaired) electrons. The zero-order valence-corrected chi connectivity index (χ0v) is 7.19. The number of halogens is 1. The Balaban J connectivity index is 2.97. The van der Waals surface area contributed by atoms with Gasteiger partial charge in [-0.3, -0.25) is 4.79 Å². The highest BCUT2D eigenvalue weighted by molar-refractivity contribution is 6.84. The van der Waals surface area contributed by atoms with E-state index in [1.165, 1.54) is 24.3 Å². The summed E-state index contributed by atoms with van der Waals surface area (Å²) in [5.74, 6) is -0.544. The van der Waals surface area contributed by atoms with Gasteiger partial charge in [0.1, 0.15) is 5.75 Å². The minimum absolute atomic E-state index is 0.0496. The highest BCUT2D eigenvalue weighted by Crippen LogP contribution is 2.11. The van der Waals surface area contributed by atoms with Gasteiger partial charge in [-0.1, -0.05) is 16.8 Å². The molecule has 1 rings (SSSR count). The first kappa shape index (κ1) is 9.54. The molecule has 4 nitrogen and oxygen atoms in total. The number of ketones is 1. The number of carbonyl (C=O) groups excluding carboxylic acids is 1. The lowest BCUT2D eigenvalue weighted by molar-refractivity contribution is 0.106. The molecule has 0 aliphatic rings. The van der Waals surface area contributed by atoms with E-state index in [0.29, 0.717) is 0 Å². The third-order valence-electron chi connectivity index (χ3n) is 1.40. The van der Waals surface area contributed by atoms with Gasteiger partial charge in [-0.25, -0.2) is 0 Å². The summed E-state index contributed by atoms with van der Waals surface area (Å²) in [6, 6.07) is 5.44.